The van der Waals surface area contributed by atoms with Crippen LogP contribution in [-0.2, 0) is 6.54 Å². The lowest BCUT2D eigenvalue weighted by Crippen LogP contribution is -2.44. The zero-order valence-corrected chi connectivity index (χ0v) is 17.4. The number of nitrogens with one attached hydrogen (secondary N) is 3. The fraction of sp³-hybridized carbons (Fsp3) is 0.182. The summed E-state index contributed by atoms with van der Waals surface area (Å²) < 4.78 is 28.1. The van der Waals surface area contributed by atoms with Gasteiger partial charge >= 0.3 is 6.03 Å². The van der Waals surface area contributed by atoms with Crippen LogP contribution in [0, 0.1) is 11.6 Å². The number of carbonyl (C=O) groups excluding carboxylic acids is 2. The molecule has 0 radical (unpaired) electrons. The fourth-order valence-electron chi connectivity index (χ4n) is 3.12. The van der Waals surface area contributed by atoms with Crippen LogP contribution in [0.1, 0.15) is 22.3 Å². The summed E-state index contributed by atoms with van der Waals surface area (Å²) >= 11 is 0. The van der Waals surface area contributed by atoms with E-state index in [0.29, 0.717) is 24.3 Å². The van der Waals surface area contributed by atoms with Crippen LogP contribution in [0.5, 0.6) is 0 Å². The SMILES string of the molecule is NC(=O)c1cnc(Nc2ccc(F)c(NC(=O)N3CCC3)c2)nc1NCc1ccccc1F. The van der Waals surface area contributed by atoms with Crippen LogP contribution in [0.3, 0.4) is 0 Å². The molecule has 170 valence electrons. The van der Waals surface area contributed by atoms with E-state index in [2.05, 4.69) is 25.9 Å². The van der Waals surface area contributed by atoms with Gasteiger partial charge in [-0.3, -0.25) is 4.79 Å². The Labute approximate surface area is 188 Å². The molecule has 0 spiro atoms. The molecule has 0 aliphatic carbocycles. The van der Waals surface area contributed by atoms with Crippen molar-refractivity contribution in [1.29, 1.82) is 0 Å². The Morgan fingerprint density at radius 2 is 1.88 bits per heavy atom. The van der Waals surface area contributed by atoms with Crippen molar-refractivity contribution in [1.82, 2.24) is 14.9 Å². The van der Waals surface area contributed by atoms with Crippen LogP contribution in [0.25, 0.3) is 0 Å². The average molecular weight is 453 g/mol. The second kappa shape index (κ2) is 9.47. The Morgan fingerprint density at radius 1 is 1.09 bits per heavy atom. The molecule has 4 rings (SSSR count). The predicted octanol–water partition coefficient (Wildman–Crippen LogP) is 3.45. The molecule has 1 fully saturated rings. The number of anilines is 4. The average Bonchev–Trinajstić information content (AvgIpc) is 2.74. The number of hydrogen-bond donors (Lipinski definition) is 4. The number of primary amides is 1. The van der Waals surface area contributed by atoms with Gasteiger partial charge in [-0.1, -0.05) is 18.2 Å². The Kier molecular flexibility index (Phi) is 6.29. The number of nitrogens with two attached hydrogens (primary N) is 1. The third-order valence-electron chi connectivity index (χ3n) is 5.07. The van der Waals surface area contributed by atoms with Gasteiger partial charge in [0.25, 0.3) is 5.91 Å². The van der Waals surface area contributed by atoms with Gasteiger partial charge < -0.3 is 26.6 Å². The van der Waals surface area contributed by atoms with Gasteiger partial charge in [0.05, 0.1) is 11.3 Å². The fourth-order valence-corrected chi connectivity index (χ4v) is 3.12. The van der Waals surface area contributed by atoms with Crippen molar-refractivity contribution in [3.8, 4) is 0 Å². The Hall–Kier alpha value is -4.28. The lowest BCUT2D eigenvalue weighted by atomic mass is 10.2. The first-order chi connectivity index (χ1) is 15.9. The summed E-state index contributed by atoms with van der Waals surface area (Å²) in [5.74, 6) is -1.56. The number of benzene rings is 2. The molecule has 3 aromatic rings. The van der Waals surface area contributed by atoms with Crippen LogP contribution in [0.2, 0.25) is 0 Å². The molecule has 1 aliphatic rings. The number of nitrogens with zero attached hydrogens (tertiary/aromatic N) is 3. The van der Waals surface area contributed by atoms with E-state index in [1.54, 1.807) is 23.1 Å². The molecule has 1 aromatic heterocycles. The molecule has 9 nitrogen and oxygen atoms in total. The monoisotopic (exact) mass is 453 g/mol. The van der Waals surface area contributed by atoms with Crippen molar-refractivity contribution in [3.63, 3.8) is 0 Å². The first-order valence-electron chi connectivity index (χ1n) is 10.2. The van der Waals surface area contributed by atoms with Gasteiger partial charge in [0.1, 0.15) is 17.5 Å². The van der Waals surface area contributed by atoms with Crippen LogP contribution in [0.4, 0.5) is 36.7 Å². The third-order valence-corrected chi connectivity index (χ3v) is 5.07. The van der Waals surface area contributed by atoms with Gasteiger partial charge in [0, 0.05) is 37.1 Å². The van der Waals surface area contributed by atoms with Crippen molar-refractivity contribution in [2.45, 2.75) is 13.0 Å². The number of aromatic nitrogens is 2. The summed E-state index contributed by atoms with van der Waals surface area (Å²) in [5, 5.41) is 8.33. The number of halogens is 2. The Bertz CT molecular complexity index is 1200. The summed E-state index contributed by atoms with van der Waals surface area (Å²) in [7, 11) is 0. The molecule has 33 heavy (non-hydrogen) atoms. The van der Waals surface area contributed by atoms with Gasteiger partial charge in [-0.2, -0.15) is 4.98 Å². The van der Waals surface area contributed by atoms with Crippen molar-refractivity contribution in [2.75, 3.05) is 29.0 Å². The van der Waals surface area contributed by atoms with Crippen LogP contribution >= 0.6 is 0 Å². The molecule has 3 amide bonds. The number of hydrogen-bond acceptors (Lipinski definition) is 6. The first-order valence-corrected chi connectivity index (χ1v) is 10.2. The highest BCUT2D eigenvalue weighted by molar-refractivity contribution is 5.97. The topological polar surface area (TPSA) is 125 Å². The molecule has 11 heteroatoms. The third kappa shape index (κ3) is 5.14. The van der Waals surface area contributed by atoms with Gasteiger partial charge in [0.15, 0.2) is 0 Å². The van der Waals surface area contributed by atoms with E-state index in [4.69, 9.17) is 5.73 Å². The minimum Gasteiger partial charge on any atom is -0.365 e. The molecule has 0 bridgehead atoms. The largest absolute Gasteiger partial charge is 0.365 e. The molecule has 1 saturated heterocycles. The quantitative estimate of drug-likeness (QED) is 0.434. The summed E-state index contributed by atoms with van der Waals surface area (Å²) in [6, 6.07) is 9.87. The number of carbonyl (C=O) groups is 2. The smallest absolute Gasteiger partial charge is 0.321 e. The molecule has 1 aliphatic heterocycles. The molecule has 0 atom stereocenters. The van der Waals surface area contributed by atoms with Crippen molar-refractivity contribution < 1.29 is 18.4 Å². The van der Waals surface area contributed by atoms with Crippen molar-refractivity contribution in [2.24, 2.45) is 5.73 Å². The van der Waals surface area contributed by atoms with E-state index in [0.717, 1.165) is 6.42 Å². The van der Waals surface area contributed by atoms with Gasteiger partial charge in [-0.15, -0.1) is 0 Å². The van der Waals surface area contributed by atoms with E-state index in [1.807, 2.05) is 0 Å². The molecule has 2 aromatic carbocycles. The second-order valence-corrected chi connectivity index (χ2v) is 7.36. The molecular weight excluding hydrogens is 432 g/mol. The van der Waals surface area contributed by atoms with E-state index < -0.39 is 17.5 Å². The lowest BCUT2D eigenvalue weighted by molar-refractivity contribution is 0.100. The lowest BCUT2D eigenvalue weighted by Gasteiger charge is -2.30. The minimum absolute atomic E-state index is 0.00329. The van der Waals surface area contributed by atoms with E-state index in [9.17, 15) is 18.4 Å². The predicted molar refractivity (Wildman–Crippen MR) is 119 cm³/mol. The molecule has 5 N–H and O–H groups in total. The highest BCUT2D eigenvalue weighted by atomic mass is 19.1. The maximum absolute atomic E-state index is 14.2. The van der Waals surface area contributed by atoms with Crippen LogP contribution < -0.4 is 21.7 Å². The normalized spacial score (nSPS) is 12.6. The van der Waals surface area contributed by atoms with Gasteiger partial charge in [-0.05, 0) is 30.7 Å². The zero-order chi connectivity index (χ0) is 23.4. The molecular formula is C22H21F2N7O2. The highest BCUT2D eigenvalue weighted by Gasteiger charge is 2.21. The van der Waals surface area contributed by atoms with Crippen LogP contribution in [0.15, 0.2) is 48.7 Å². The van der Waals surface area contributed by atoms with Crippen molar-refractivity contribution in [3.05, 3.63) is 71.4 Å². The number of urea groups is 1. The molecule has 0 saturated carbocycles. The van der Waals surface area contributed by atoms with Crippen LogP contribution in [-0.4, -0.2) is 39.9 Å². The molecule has 2 heterocycles. The number of likely N-dealkylation sites (tertiary alicyclic amines) is 1. The highest BCUT2D eigenvalue weighted by Crippen LogP contribution is 2.24. The Balaban J connectivity index is 1.52. The first kappa shape index (κ1) is 21.9. The number of rotatable bonds is 7. The summed E-state index contributed by atoms with van der Waals surface area (Å²) in [6.45, 7) is 1.33. The van der Waals surface area contributed by atoms with Gasteiger partial charge in [-0.25, -0.2) is 18.6 Å². The zero-order valence-electron chi connectivity index (χ0n) is 17.4. The van der Waals surface area contributed by atoms with E-state index in [-0.39, 0.29) is 35.6 Å². The van der Waals surface area contributed by atoms with E-state index in [1.165, 1.54) is 30.5 Å². The summed E-state index contributed by atoms with van der Waals surface area (Å²) in [4.78, 5) is 33.7. The maximum Gasteiger partial charge on any atom is 0.321 e. The maximum atomic E-state index is 14.2. The summed E-state index contributed by atoms with van der Waals surface area (Å²) in [5.41, 5.74) is 6.21. The second-order valence-electron chi connectivity index (χ2n) is 7.36. The van der Waals surface area contributed by atoms with Gasteiger partial charge in [0.2, 0.25) is 5.95 Å². The standard InChI is InChI=1S/C22H21F2N7O2/c23-16-5-2-1-4-13(16)11-26-20-15(19(25)32)12-27-21(30-20)28-14-6-7-17(24)18(10-14)29-22(33)31-8-3-9-31/h1-2,4-7,10,12H,3,8-9,11H2,(H2,25,32)(H,29,33)(H2,26,27,28,30). The Morgan fingerprint density at radius 3 is 2.58 bits per heavy atom. The number of amides is 3. The van der Waals surface area contributed by atoms with Crippen molar-refractivity contribution >= 4 is 35.1 Å². The molecule has 0 unspecified atom stereocenters. The minimum atomic E-state index is -0.754. The van der Waals surface area contributed by atoms with E-state index >= 15 is 0 Å². The summed E-state index contributed by atoms with van der Waals surface area (Å²) in [6.07, 6.45) is 2.15.